The summed E-state index contributed by atoms with van der Waals surface area (Å²) >= 11 is 0. The highest BCUT2D eigenvalue weighted by Gasteiger charge is 2.09. The van der Waals surface area contributed by atoms with Crippen LogP contribution in [0, 0.1) is 0 Å². The Bertz CT molecular complexity index is 463. The molecule has 6 nitrogen and oxygen atoms in total. The van der Waals surface area contributed by atoms with Gasteiger partial charge in [-0.15, -0.1) is 0 Å². The van der Waals surface area contributed by atoms with Crippen molar-refractivity contribution in [1.29, 1.82) is 0 Å². The summed E-state index contributed by atoms with van der Waals surface area (Å²) in [4.78, 5) is 15.3. The van der Waals surface area contributed by atoms with Gasteiger partial charge in [0.25, 0.3) is 0 Å². The molecule has 2 aromatic rings. The summed E-state index contributed by atoms with van der Waals surface area (Å²) in [6.07, 6.45) is 4.00. The first-order valence-corrected chi connectivity index (χ1v) is 5.33. The minimum absolute atomic E-state index is 0.168. The fourth-order valence-electron chi connectivity index (χ4n) is 1.72. The minimum atomic E-state index is 0.168. The van der Waals surface area contributed by atoms with Gasteiger partial charge in [-0.25, -0.2) is 15.0 Å². The van der Waals surface area contributed by atoms with Gasteiger partial charge in [0.1, 0.15) is 11.8 Å². The number of nitrogens with zero attached hydrogens (tertiary/aromatic N) is 3. The molecule has 0 fully saturated rings. The molecule has 0 spiro atoms. The van der Waals surface area contributed by atoms with E-state index in [0.29, 0.717) is 5.65 Å². The molecular formula is C10H16N6. The fourth-order valence-corrected chi connectivity index (χ4v) is 1.72. The van der Waals surface area contributed by atoms with Crippen molar-refractivity contribution < 1.29 is 0 Å². The summed E-state index contributed by atoms with van der Waals surface area (Å²) in [6.45, 7) is 4.07. The van der Waals surface area contributed by atoms with E-state index in [9.17, 15) is 0 Å². The first kappa shape index (κ1) is 10.8. The first-order valence-electron chi connectivity index (χ1n) is 5.33. The second-order valence-electron chi connectivity index (χ2n) is 4.08. The van der Waals surface area contributed by atoms with Crippen LogP contribution < -0.4 is 11.1 Å². The lowest BCUT2D eigenvalue weighted by molar-refractivity contribution is 0.604. The Morgan fingerprint density at radius 1 is 1.38 bits per heavy atom. The number of aromatic nitrogens is 4. The number of H-pyrrole nitrogens is 1. The Morgan fingerprint density at radius 3 is 2.94 bits per heavy atom. The van der Waals surface area contributed by atoms with E-state index >= 15 is 0 Å². The van der Waals surface area contributed by atoms with Gasteiger partial charge in [0.15, 0.2) is 11.5 Å². The summed E-state index contributed by atoms with van der Waals surface area (Å²) in [5.41, 5.74) is 7.25. The van der Waals surface area contributed by atoms with Crippen molar-refractivity contribution in [2.45, 2.75) is 32.4 Å². The lowest BCUT2D eigenvalue weighted by atomic mass is 10.1. The highest BCUT2D eigenvalue weighted by Crippen LogP contribution is 2.16. The molecule has 2 rings (SSSR count). The summed E-state index contributed by atoms with van der Waals surface area (Å²) in [5.74, 6) is 0.774. The predicted octanol–water partition coefficient (Wildman–Crippen LogP) is 0.891. The highest BCUT2D eigenvalue weighted by atomic mass is 15.1. The molecule has 86 valence electrons. The van der Waals surface area contributed by atoms with Gasteiger partial charge in [-0.2, -0.15) is 0 Å². The molecule has 2 atom stereocenters. The predicted molar refractivity (Wildman–Crippen MR) is 63.0 cm³/mol. The van der Waals surface area contributed by atoms with Gasteiger partial charge in [-0.05, 0) is 20.3 Å². The van der Waals surface area contributed by atoms with Crippen molar-refractivity contribution >= 4 is 17.0 Å². The van der Waals surface area contributed by atoms with Crippen LogP contribution in [0.1, 0.15) is 20.3 Å². The molecule has 16 heavy (non-hydrogen) atoms. The normalized spacial score (nSPS) is 14.9. The molecule has 2 aromatic heterocycles. The minimum Gasteiger partial charge on any atom is -0.366 e. The van der Waals surface area contributed by atoms with Crippen molar-refractivity contribution in [2.75, 3.05) is 5.32 Å². The zero-order valence-electron chi connectivity index (χ0n) is 9.44. The standard InChI is InChI=1S/C10H16N6/c1-6(11)3-7(2)16-10-8-9(13-4-12-8)14-5-15-10/h4-7H,3,11H2,1-2H3,(H2,12,13,14,15,16). The van der Waals surface area contributed by atoms with Crippen molar-refractivity contribution in [3.8, 4) is 0 Å². The average Bonchev–Trinajstić information content (AvgIpc) is 2.65. The Kier molecular flexibility index (Phi) is 3.00. The van der Waals surface area contributed by atoms with Crippen LogP contribution >= 0.6 is 0 Å². The van der Waals surface area contributed by atoms with Gasteiger partial charge >= 0.3 is 0 Å². The number of anilines is 1. The number of imidazole rings is 1. The second-order valence-corrected chi connectivity index (χ2v) is 4.08. The van der Waals surface area contributed by atoms with Gasteiger partial charge < -0.3 is 16.0 Å². The maximum Gasteiger partial charge on any atom is 0.182 e. The monoisotopic (exact) mass is 220 g/mol. The number of nitrogens with two attached hydrogens (primary N) is 1. The van der Waals surface area contributed by atoms with Crippen LogP contribution in [0.2, 0.25) is 0 Å². The molecule has 6 heteroatoms. The molecule has 2 heterocycles. The molecule has 0 bridgehead atoms. The molecule has 0 amide bonds. The van der Waals surface area contributed by atoms with Crippen LogP contribution in [0.15, 0.2) is 12.7 Å². The molecule has 4 N–H and O–H groups in total. The summed E-state index contributed by atoms with van der Waals surface area (Å²) in [6, 6.07) is 0.433. The first-order chi connectivity index (χ1) is 7.66. The number of hydrogen-bond donors (Lipinski definition) is 3. The van der Waals surface area contributed by atoms with E-state index in [1.165, 1.54) is 6.33 Å². The third kappa shape index (κ3) is 2.27. The highest BCUT2D eigenvalue weighted by molar-refractivity contribution is 5.81. The quantitative estimate of drug-likeness (QED) is 0.711. The average molecular weight is 220 g/mol. The van der Waals surface area contributed by atoms with Crippen molar-refractivity contribution in [2.24, 2.45) is 5.73 Å². The zero-order valence-corrected chi connectivity index (χ0v) is 9.44. The fraction of sp³-hybridized carbons (Fsp3) is 0.500. The molecule has 0 aliphatic heterocycles. The Balaban J connectivity index is 2.17. The topological polar surface area (TPSA) is 92.5 Å². The van der Waals surface area contributed by atoms with E-state index < -0.39 is 0 Å². The van der Waals surface area contributed by atoms with Crippen LogP contribution in [0.5, 0.6) is 0 Å². The maximum atomic E-state index is 5.75. The molecule has 0 saturated heterocycles. The summed E-state index contributed by atoms with van der Waals surface area (Å²) in [7, 11) is 0. The number of fused-ring (bicyclic) bond motifs is 1. The summed E-state index contributed by atoms with van der Waals surface area (Å²) < 4.78 is 0. The van der Waals surface area contributed by atoms with Gasteiger partial charge in [0.05, 0.1) is 6.33 Å². The second kappa shape index (κ2) is 4.44. The lowest BCUT2D eigenvalue weighted by Crippen LogP contribution is -2.26. The number of nitrogens with one attached hydrogen (secondary N) is 2. The SMILES string of the molecule is CC(N)CC(C)Nc1ncnc2nc[nH]c12. The zero-order chi connectivity index (χ0) is 11.5. The summed E-state index contributed by atoms with van der Waals surface area (Å²) in [5, 5.41) is 3.30. The molecule has 2 unspecified atom stereocenters. The number of hydrogen-bond acceptors (Lipinski definition) is 5. The van der Waals surface area contributed by atoms with E-state index in [2.05, 4.69) is 32.2 Å². The lowest BCUT2D eigenvalue weighted by Gasteiger charge is -2.16. The molecule has 0 aliphatic carbocycles. The Hall–Kier alpha value is -1.69. The number of rotatable bonds is 4. The largest absolute Gasteiger partial charge is 0.366 e. The van der Waals surface area contributed by atoms with E-state index in [1.54, 1.807) is 6.33 Å². The maximum absolute atomic E-state index is 5.75. The van der Waals surface area contributed by atoms with Crippen LogP contribution in [0.4, 0.5) is 5.82 Å². The molecule has 0 saturated carbocycles. The van der Waals surface area contributed by atoms with Crippen molar-refractivity contribution in [3.05, 3.63) is 12.7 Å². The Morgan fingerprint density at radius 2 is 2.19 bits per heavy atom. The van der Waals surface area contributed by atoms with E-state index in [0.717, 1.165) is 17.8 Å². The molecule has 0 radical (unpaired) electrons. The van der Waals surface area contributed by atoms with Crippen molar-refractivity contribution in [1.82, 2.24) is 19.9 Å². The van der Waals surface area contributed by atoms with Crippen molar-refractivity contribution in [3.63, 3.8) is 0 Å². The number of aromatic amines is 1. The van der Waals surface area contributed by atoms with E-state index in [4.69, 9.17) is 5.73 Å². The van der Waals surface area contributed by atoms with Gasteiger partial charge in [-0.1, -0.05) is 0 Å². The third-order valence-corrected chi connectivity index (χ3v) is 2.33. The smallest absolute Gasteiger partial charge is 0.182 e. The molecule has 0 aromatic carbocycles. The van der Waals surface area contributed by atoms with Gasteiger partial charge in [0, 0.05) is 12.1 Å². The van der Waals surface area contributed by atoms with Gasteiger partial charge in [-0.3, -0.25) is 0 Å². The third-order valence-electron chi connectivity index (χ3n) is 2.33. The van der Waals surface area contributed by atoms with Crippen LogP contribution in [-0.2, 0) is 0 Å². The van der Waals surface area contributed by atoms with Crippen LogP contribution in [0.25, 0.3) is 11.2 Å². The Labute approximate surface area is 93.7 Å². The molecule has 0 aliphatic rings. The van der Waals surface area contributed by atoms with Crippen LogP contribution in [0.3, 0.4) is 0 Å². The van der Waals surface area contributed by atoms with E-state index in [1.807, 2.05) is 6.92 Å². The van der Waals surface area contributed by atoms with Crippen LogP contribution in [-0.4, -0.2) is 32.0 Å². The molecular weight excluding hydrogens is 204 g/mol. The van der Waals surface area contributed by atoms with Gasteiger partial charge in [0.2, 0.25) is 0 Å². The van der Waals surface area contributed by atoms with E-state index in [-0.39, 0.29) is 12.1 Å².